The molecular formula is C15H22FN3O2. The number of nitrogens with zero attached hydrogens (tertiary/aromatic N) is 1. The Labute approximate surface area is 124 Å². The van der Waals surface area contributed by atoms with Crippen LogP contribution in [-0.2, 0) is 16.1 Å². The van der Waals surface area contributed by atoms with Gasteiger partial charge in [-0.1, -0.05) is 19.1 Å². The van der Waals surface area contributed by atoms with Crippen LogP contribution in [0.3, 0.4) is 0 Å². The second kappa shape index (κ2) is 8.24. The largest absolute Gasteiger partial charge is 0.469 e. The Morgan fingerprint density at radius 3 is 2.71 bits per heavy atom. The van der Waals surface area contributed by atoms with Gasteiger partial charge in [0.05, 0.1) is 13.0 Å². The molecule has 6 heteroatoms. The maximum Gasteiger partial charge on any atom is 0.310 e. The molecule has 0 spiro atoms. The van der Waals surface area contributed by atoms with Gasteiger partial charge in [0.15, 0.2) is 5.96 Å². The fourth-order valence-corrected chi connectivity index (χ4v) is 1.76. The van der Waals surface area contributed by atoms with Crippen LogP contribution >= 0.6 is 0 Å². The van der Waals surface area contributed by atoms with Crippen LogP contribution in [-0.4, -0.2) is 32.6 Å². The third kappa shape index (κ3) is 5.41. The van der Waals surface area contributed by atoms with Gasteiger partial charge in [0.1, 0.15) is 5.82 Å². The molecule has 5 nitrogen and oxygen atoms in total. The lowest BCUT2D eigenvalue weighted by atomic mass is 10.1. The predicted molar refractivity (Wildman–Crippen MR) is 80.5 cm³/mol. The van der Waals surface area contributed by atoms with Crippen LogP contribution < -0.4 is 10.6 Å². The molecule has 0 saturated heterocycles. The molecule has 1 aromatic rings. The van der Waals surface area contributed by atoms with E-state index in [-0.39, 0.29) is 17.7 Å². The second-order valence-electron chi connectivity index (χ2n) is 4.81. The molecule has 0 aromatic heterocycles. The normalized spacial score (nSPS) is 12.7. The van der Waals surface area contributed by atoms with Crippen molar-refractivity contribution in [1.29, 1.82) is 0 Å². The van der Waals surface area contributed by atoms with Gasteiger partial charge in [0.2, 0.25) is 0 Å². The molecule has 0 aliphatic carbocycles. The molecule has 0 saturated carbocycles. The number of carbonyl (C=O) groups is 1. The lowest BCUT2D eigenvalue weighted by molar-refractivity contribution is -0.144. The van der Waals surface area contributed by atoms with Crippen molar-refractivity contribution in [2.45, 2.75) is 20.4 Å². The van der Waals surface area contributed by atoms with E-state index < -0.39 is 0 Å². The summed E-state index contributed by atoms with van der Waals surface area (Å²) in [5, 5.41) is 6.15. The SMILES string of the molecule is CN=C(NCc1ccc(F)c(C)c1)NCC(C)C(=O)OC. The number of hydrogen-bond acceptors (Lipinski definition) is 3. The van der Waals surface area contributed by atoms with Crippen molar-refractivity contribution in [3.8, 4) is 0 Å². The van der Waals surface area contributed by atoms with E-state index in [1.54, 1.807) is 33.0 Å². The molecule has 0 fully saturated rings. The molecule has 0 radical (unpaired) electrons. The van der Waals surface area contributed by atoms with Gasteiger partial charge >= 0.3 is 5.97 Å². The summed E-state index contributed by atoms with van der Waals surface area (Å²) in [5.41, 5.74) is 1.56. The zero-order chi connectivity index (χ0) is 15.8. The maximum absolute atomic E-state index is 13.2. The number of esters is 1. The smallest absolute Gasteiger partial charge is 0.310 e. The Hall–Kier alpha value is -2.11. The van der Waals surface area contributed by atoms with E-state index in [1.165, 1.54) is 13.2 Å². The average molecular weight is 295 g/mol. The number of carbonyl (C=O) groups excluding carboxylic acids is 1. The van der Waals surface area contributed by atoms with Crippen molar-refractivity contribution in [3.05, 3.63) is 35.1 Å². The number of hydrogen-bond donors (Lipinski definition) is 2. The number of aliphatic imine (C=N–C) groups is 1. The first kappa shape index (κ1) is 16.9. The van der Waals surface area contributed by atoms with Gasteiger partial charge in [-0.2, -0.15) is 0 Å². The van der Waals surface area contributed by atoms with Crippen LogP contribution in [0.5, 0.6) is 0 Å². The van der Waals surface area contributed by atoms with Gasteiger partial charge in [0, 0.05) is 20.1 Å². The lowest BCUT2D eigenvalue weighted by Crippen LogP contribution is -2.40. The van der Waals surface area contributed by atoms with Crippen molar-refractivity contribution in [3.63, 3.8) is 0 Å². The molecule has 0 aliphatic heterocycles. The summed E-state index contributed by atoms with van der Waals surface area (Å²) >= 11 is 0. The zero-order valence-corrected chi connectivity index (χ0v) is 12.9. The van der Waals surface area contributed by atoms with Crippen molar-refractivity contribution >= 4 is 11.9 Å². The summed E-state index contributed by atoms with van der Waals surface area (Å²) in [7, 11) is 3.01. The van der Waals surface area contributed by atoms with Gasteiger partial charge in [-0.3, -0.25) is 9.79 Å². The van der Waals surface area contributed by atoms with Crippen molar-refractivity contribution in [2.75, 3.05) is 20.7 Å². The van der Waals surface area contributed by atoms with Crippen LogP contribution in [0.4, 0.5) is 4.39 Å². The first-order valence-corrected chi connectivity index (χ1v) is 6.75. The number of rotatable bonds is 5. The molecule has 0 amide bonds. The highest BCUT2D eigenvalue weighted by Crippen LogP contribution is 2.08. The van der Waals surface area contributed by atoms with Crippen molar-refractivity contribution < 1.29 is 13.9 Å². The molecule has 2 N–H and O–H groups in total. The van der Waals surface area contributed by atoms with E-state index >= 15 is 0 Å². The molecule has 116 valence electrons. The number of nitrogens with one attached hydrogen (secondary N) is 2. The van der Waals surface area contributed by atoms with Gasteiger partial charge < -0.3 is 15.4 Å². The summed E-state index contributed by atoms with van der Waals surface area (Å²) in [6.07, 6.45) is 0. The summed E-state index contributed by atoms with van der Waals surface area (Å²) in [6.45, 7) is 4.45. The topological polar surface area (TPSA) is 62.7 Å². The van der Waals surface area contributed by atoms with Gasteiger partial charge in [-0.25, -0.2) is 4.39 Å². The first-order valence-electron chi connectivity index (χ1n) is 6.75. The molecule has 1 aromatic carbocycles. The fraction of sp³-hybridized carbons (Fsp3) is 0.467. The Kier molecular flexibility index (Phi) is 6.65. The maximum atomic E-state index is 13.2. The molecule has 1 unspecified atom stereocenters. The second-order valence-corrected chi connectivity index (χ2v) is 4.81. The first-order chi connectivity index (χ1) is 9.97. The molecule has 21 heavy (non-hydrogen) atoms. The Balaban J connectivity index is 2.48. The van der Waals surface area contributed by atoms with Gasteiger partial charge in [-0.05, 0) is 24.1 Å². The predicted octanol–water partition coefficient (Wildman–Crippen LogP) is 1.61. The number of aryl methyl sites for hydroxylation is 1. The fourth-order valence-electron chi connectivity index (χ4n) is 1.76. The standard InChI is InChI=1S/C15H22FN3O2/c1-10-7-12(5-6-13(10)16)9-19-15(17-3)18-8-11(2)14(20)21-4/h5-7,11H,8-9H2,1-4H3,(H2,17,18,19). The minimum absolute atomic E-state index is 0.215. The van der Waals surface area contributed by atoms with Crippen LogP contribution in [0.1, 0.15) is 18.1 Å². The number of halogens is 1. The third-order valence-electron chi connectivity index (χ3n) is 3.09. The quantitative estimate of drug-likeness (QED) is 0.492. The van der Waals surface area contributed by atoms with Crippen molar-refractivity contribution in [1.82, 2.24) is 10.6 Å². The minimum Gasteiger partial charge on any atom is -0.469 e. The highest BCUT2D eigenvalue weighted by atomic mass is 19.1. The van der Waals surface area contributed by atoms with Crippen LogP contribution in [0.15, 0.2) is 23.2 Å². The van der Waals surface area contributed by atoms with Crippen LogP contribution in [0.2, 0.25) is 0 Å². The zero-order valence-electron chi connectivity index (χ0n) is 12.9. The number of guanidine groups is 1. The number of ether oxygens (including phenoxy) is 1. The van der Waals surface area contributed by atoms with E-state index in [2.05, 4.69) is 20.4 Å². The van der Waals surface area contributed by atoms with E-state index in [4.69, 9.17) is 0 Å². The van der Waals surface area contributed by atoms with Crippen LogP contribution in [0, 0.1) is 18.7 Å². The average Bonchev–Trinajstić information content (AvgIpc) is 2.49. The molecule has 0 heterocycles. The molecule has 0 bridgehead atoms. The summed E-state index contributed by atoms with van der Waals surface area (Å²) < 4.78 is 17.8. The Morgan fingerprint density at radius 1 is 1.43 bits per heavy atom. The van der Waals surface area contributed by atoms with Gasteiger partial charge in [-0.15, -0.1) is 0 Å². The summed E-state index contributed by atoms with van der Waals surface area (Å²) in [5.74, 6) is -0.172. The third-order valence-corrected chi connectivity index (χ3v) is 3.09. The summed E-state index contributed by atoms with van der Waals surface area (Å²) in [6, 6.07) is 4.95. The Bertz CT molecular complexity index is 518. The number of methoxy groups -OCH3 is 1. The highest BCUT2D eigenvalue weighted by molar-refractivity contribution is 5.80. The number of benzene rings is 1. The molecule has 1 rings (SSSR count). The lowest BCUT2D eigenvalue weighted by Gasteiger charge is -2.15. The Morgan fingerprint density at radius 2 is 2.14 bits per heavy atom. The monoisotopic (exact) mass is 295 g/mol. The van der Waals surface area contributed by atoms with Crippen molar-refractivity contribution in [2.24, 2.45) is 10.9 Å². The van der Waals surface area contributed by atoms with E-state index in [1.807, 2.05) is 0 Å². The van der Waals surface area contributed by atoms with Gasteiger partial charge in [0.25, 0.3) is 0 Å². The highest BCUT2D eigenvalue weighted by Gasteiger charge is 2.13. The minimum atomic E-state index is -0.271. The van der Waals surface area contributed by atoms with E-state index in [9.17, 15) is 9.18 Å². The van der Waals surface area contributed by atoms with E-state index in [0.717, 1.165) is 5.56 Å². The molecule has 0 aliphatic rings. The molecule has 1 atom stereocenters. The summed E-state index contributed by atoms with van der Waals surface area (Å²) in [4.78, 5) is 15.4. The van der Waals surface area contributed by atoms with Crippen LogP contribution in [0.25, 0.3) is 0 Å². The van der Waals surface area contributed by atoms with E-state index in [0.29, 0.717) is 24.6 Å². The molecular weight excluding hydrogens is 273 g/mol.